The Hall–Kier alpha value is -0.960. The van der Waals surface area contributed by atoms with Crippen molar-refractivity contribution in [3.8, 4) is 0 Å². The van der Waals surface area contributed by atoms with E-state index in [1.807, 2.05) is 18.7 Å². The van der Waals surface area contributed by atoms with Gasteiger partial charge in [-0.25, -0.2) is 0 Å². The molecule has 0 fully saturated rings. The fourth-order valence-electron chi connectivity index (χ4n) is 1.12. The number of rotatable bonds is 3. The highest BCUT2D eigenvalue weighted by atomic mass is 32.3. The van der Waals surface area contributed by atoms with Gasteiger partial charge in [0.05, 0.1) is 12.2 Å². The van der Waals surface area contributed by atoms with Gasteiger partial charge in [-0.1, -0.05) is 0 Å². The van der Waals surface area contributed by atoms with Crippen LogP contribution in [0.3, 0.4) is 0 Å². The van der Waals surface area contributed by atoms with Crippen molar-refractivity contribution in [3.63, 3.8) is 0 Å². The van der Waals surface area contributed by atoms with E-state index >= 15 is 0 Å². The second-order valence-electron chi connectivity index (χ2n) is 3.20. The van der Waals surface area contributed by atoms with Gasteiger partial charge in [0, 0.05) is 12.2 Å². The summed E-state index contributed by atoms with van der Waals surface area (Å²) >= 11 is 0. The Labute approximate surface area is 95.1 Å². The summed E-state index contributed by atoms with van der Waals surface area (Å²) in [5, 5.41) is 7.42. The molecule has 0 saturated carbocycles. The molecule has 0 radical (unpaired) electrons. The topological polar surface area (TPSA) is 104 Å². The summed E-state index contributed by atoms with van der Waals surface area (Å²) in [7, 11) is -2.72. The van der Waals surface area contributed by atoms with Gasteiger partial charge in [0.15, 0.2) is 0 Å². The van der Waals surface area contributed by atoms with Crippen molar-refractivity contribution in [1.82, 2.24) is 15.1 Å². The van der Waals surface area contributed by atoms with Crippen molar-refractivity contribution in [3.05, 3.63) is 17.5 Å². The first-order chi connectivity index (χ1) is 7.24. The molecule has 0 aliphatic heterocycles. The lowest BCUT2D eigenvalue weighted by atomic mass is 10.4. The highest BCUT2D eigenvalue weighted by Gasteiger charge is 1.97. The zero-order valence-electron chi connectivity index (χ0n) is 9.51. The third kappa shape index (κ3) is 8.36. The average molecular weight is 251 g/mol. The maximum atomic E-state index is 8.74. The Morgan fingerprint density at radius 3 is 2.25 bits per heavy atom. The minimum Gasteiger partial charge on any atom is -0.318 e. The van der Waals surface area contributed by atoms with Gasteiger partial charge in [-0.15, -0.1) is 0 Å². The zero-order valence-corrected chi connectivity index (χ0v) is 10.3. The molecular weight excluding hydrogens is 234 g/mol. The Morgan fingerprint density at radius 2 is 1.94 bits per heavy atom. The summed E-state index contributed by atoms with van der Waals surface area (Å²) in [6.07, 6.45) is 0. The molecule has 1 aromatic heterocycles. The first-order valence-corrected chi connectivity index (χ1v) is 5.99. The summed E-state index contributed by atoms with van der Waals surface area (Å²) in [6, 6.07) is 2.09. The lowest BCUT2D eigenvalue weighted by Gasteiger charge is -2.01. The lowest BCUT2D eigenvalue weighted by Crippen LogP contribution is -2.16. The normalized spacial score (nSPS) is 10.8. The van der Waals surface area contributed by atoms with Gasteiger partial charge in [0.2, 0.25) is 0 Å². The van der Waals surface area contributed by atoms with Gasteiger partial charge in [0.1, 0.15) is 0 Å². The summed E-state index contributed by atoms with van der Waals surface area (Å²) in [5.74, 6) is 0. The monoisotopic (exact) mass is 251 g/mol. The summed E-state index contributed by atoms with van der Waals surface area (Å²) in [5.41, 5.74) is 2.33. The molecule has 3 N–H and O–H groups in total. The van der Waals surface area contributed by atoms with Crippen LogP contribution in [0.1, 0.15) is 11.4 Å². The van der Waals surface area contributed by atoms with E-state index in [1.165, 1.54) is 5.69 Å². The molecule has 8 heteroatoms. The molecule has 1 aromatic rings. The van der Waals surface area contributed by atoms with Gasteiger partial charge in [-0.2, -0.15) is 13.5 Å². The van der Waals surface area contributed by atoms with E-state index in [0.717, 1.165) is 18.8 Å². The van der Waals surface area contributed by atoms with Crippen LogP contribution in [0.5, 0.6) is 0 Å². The van der Waals surface area contributed by atoms with Crippen LogP contribution in [0.2, 0.25) is 0 Å². The van der Waals surface area contributed by atoms with Gasteiger partial charge < -0.3 is 5.32 Å². The summed E-state index contributed by atoms with van der Waals surface area (Å²) in [4.78, 5) is 0. The largest absolute Gasteiger partial charge is 0.394 e. The van der Waals surface area contributed by atoms with Gasteiger partial charge >= 0.3 is 10.4 Å². The minimum absolute atomic E-state index is 0.955. The standard InChI is InChI=1S/C8H15N3.H2O4S/c1-7-6-8(2)11(10-7)5-4-9-3;1-5(2,3)4/h6,9H,4-5H2,1-3H3;(H2,1,2,3,4). The molecule has 0 amide bonds. The van der Waals surface area contributed by atoms with Crippen LogP contribution >= 0.6 is 0 Å². The molecule has 0 aliphatic rings. The van der Waals surface area contributed by atoms with E-state index in [9.17, 15) is 0 Å². The van der Waals surface area contributed by atoms with Crippen LogP contribution in [0.4, 0.5) is 0 Å². The number of hydrogen-bond donors (Lipinski definition) is 3. The molecule has 1 heterocycles. The fourth-order valence-corrected chi connectivity index (χ4v) is 1.12. The van der Waals surface area contributed by atoms with Crippen LogP contribution in [-0.2, 0) is 16.9 Å². The predicted molar refractivity (Wildman–Crippen MR) is 59.8 cm³/mol. The predicted octanol–water partition coefficient (Wildman–Crippen LogP) is 0.0665. The molecule has 16 heavy (non-hydrogen) atoms. The van der Waals surface area contributed by atoms with Crippen molar-refractivity contribution in [2.24, 2.45) is 0 Å². The van der Waals surface area contributed by atoms with Crippen molar-refractivity contribution in [2.45, 2.75) is 20.4 Å². The molecule has 0 atom stereocenters. The number of nitrogens with one attached hydrogen (secondary N) is 1. The summed E-state index contributed by atoms with van der Waals surface area (Å²) in [6.45, 7) is 6.02. The van der Waals surface area contributed by atoms with Gasteiger partial charge in [-0.3, -0.25) is 13.8 Å². The van der Waals surface area contributed by atoms with Crippen LogP contribution in [0.25, 0.3) is 0 Å². The van der Waals surface area contributed by atoms with E-state index in [0.29, 0.717) is 0 Å². The van der Waals surface area contributed by atoms with E-state index in [1.54, 1.807) is 0 Å². The van der Waals surface area contributed by atoms with Crippen molar-refractivity contribution >= 4 is 10.4 Å². The second kappa shape index (κ2) is 6.59. The van der Waals surface area contributed by atoms with E-state index in [2.05, 4.69) is 23.4 Å². The van der Waals surface area contributed by atoms with E-state index in [4.69, 9.17) is 17.5 Å². The number of hydrogen-bond acceptors (Lipinski definition) is 4. The van der Waals surface area contributed by atoms with Crippen LogP contribution in [0.15, 0.2) is 6.07 Å². The molecule has 0 saturated heterocycles. The molecule has 0 spiro atoms. The highest BCUT2D eigenvalue weighted by Crippen LogP contribution is 2.00. The quantitative estimate of drug-likeness (QED) is 0.656. The number of aromatic nitrogens is 2. The fraction of sp³-hybridized carbons (Fsp3) is 0.625. The number of aryl methyl sites for hydroxylation is 2. The molecule has 94 valence electrons. The average Bonchev–Trinajstić information content (AvgIpc) is 2.38. The first-order valence-electron chi connectivity index (χ1n) is 4.59. The maximum Gasteiger partial charge on any atom is 0.394 e. The van der Waals surface area contributed by atoms with Crippen LogP contribution in [-0.4, -0.2) is 40.9 Å². The molecule has 0 aromatic carbocycles. The maximum absolute atomic E-state index is 8.74. The van der Waals surface area contributed by atoms with Crippen molar-refractivity contribution in [1.29, 1.82) is 0 Å². The Morgan fingerprint density at radius 1 is 1.44 bits per heavy atom. The van der Waals surface area contributed by atoms with Crippen molar-refractivity contribution in [2.75, 3.05) is 13.6 Å². The Balaban J connectivity index is 0.000000385. The Kier molecular flexibility index (Phi) is 6.19. The SMILES string of the molecule is CNCCn1nc(C)cc1C.O=S(=O)(O)O. The zero-order chi connectivity index (χ0) is 12.8. The first kappa shape index (κ1) is 15.0. The Bertz CT molecular complexity index is 405. The molecule has 0 aliphatic carbocycles. The molecule has 7 nitrogen and oxygen atoms in total. The molecule has 1 rings (SSSR count). The second-order valence-corrected chi connectivity index (χ2v) is 4.10. The lowest BCUT2D eigenvalue weighted by molar-refractivity contribution is 0.381. The highest BCUT2D eigenvalue weighted by molar-refractivity contribution is 7.79. The van der Waals surface area contributed by atoms with E-state index < -0.39 is 10.4 Å². The number of nitrogens with zero attached hydrogens (tertiary/aromatic N) is 2. The van der Waals surface area contributed by atoms with Gasteiger partial charge in [-0.05, 0) is 27.0 Å². The summed E-state index contributed by atoms with van der Waals surface area (Å²) < 4.78 is 33.6. The molecular formula is C8H17N3O4S. The third-order valence-corrected chi connectivity index (χ3v) is 1.68. The van der Waals surface area contributed by atoms with Gasteiger partial charge in [0.25, 0.3) is 0 Å². The molecule has 0 bridgehead atoms. The van der Waals surface area contributed by atoms with Crippen LogP contribution in [0, 0.1) is 13.8 Å². The number of likely N-dealkylation sites (N-methyl/N-ethyl adjacent to an activating group) is 1. The smallest absolute Gasteiger partial charge is 0.318 e. The minimum atomic E-state index is -4.67. The third-order valence-electron chi connectivity index (χ3n) is 1.68. The molecule has 0 unspecified atom stereocenters. The van der Waals surface area contributed by atoms with Crippen LogP contribution < -0.4 is 5.32 Å². The van der Waals surface area contributed by atoms with E-state index in [-0.39, 0.29) is 0 Å². The van der Waals surface area contributed by atoms with Crippen molar-refractivity contribution < 1.29 is 17.5 Å².